The molecule has 0 bridgehead atoms. The fourth-order valence-electron chi connectivity index (χ4n) is 2.71. The van der Waals surface area contributed by atoms with Crippen LogP contribution in [0.5, 0.6) is 0 Å². The molecule has 5 nitrogen and oxygen atoms in total. The van der Waals surface area contributed by atoms with Gasteiger partial charge in [0.05, 0.1) is 0 Å². The molecule has 0 aromatic rings. The van der Waals surface area contributed by atoms with E-state index in [2.05, 4.69) is 24.2 Å². The Morgan fingerprint density at radius 2 is 1.95 bits per heavy atom. The molecular weight excluding hydrogens is 244 g/mol. The third-order valence-electron chi connectivity index (χ3n) is 3.81. The van der Waals surface area contributed by atoms with Crippen LogP contribution in [0.1, 0.15) is 34.1 Å². The number of carboxylic acids is 1. The topological polar surface area (TPSA) is 69.6 Å². The smallest absolute Gasteiger partial charge is 0.316 e. The van der Waals surface area contributed by atoms with Gasteiger partial charge in [-0.15, -0.1) is 0 Å². The predicted molar refractivity (Wildman–Crippen MR) is 73.8 cm³/mol. The van der Waals surface area contributed by atoms with Crippen molar-refractivity contribution in [1.82, 2.24) is 10.2 Å². The number of amides is 1. The summed E-state index contributed by atoms with van der Waals surface area (Å²) < 4.78 is 0. The highest BCUT2D eigenvalue weighted by atomic mass is 16.4. The lowest BCUT2D eigenvalue weighted by atomic mass is 9.79. The van der Waals surface area contributed by atoms with Gasteiger partial charge in [0.1, 0.15) is 5.92 Å². The van der Waals surface area contributed by atoms with Crippen LogP contribution in [-0.2, 0) is 9.59 Å². The van der Waals surface area contributed by atoms with E-state index in [4.69, 9.17) is 0 Å². The molecule has 2 N–H and O–H groups in total. The number of carboxylic acid groups (broad SMARTS) is 1. The lowest BCUT2D eigenvalue weighted by molar-refractivity contribution is -0.152. The van der Waals surface area contributed by atoms with Gasteiger partial charge in [0.25, 0.3) is 0 Å². The summed E-state index contributed by atoms with van der Waals surface area (Å²) in [4.78, 5) is 25.7. The first-order valence-corrected chi connectivity index (χ1v) is 6.84. The molecule has 19 heavy (non-hydrogen) atoms. The van der Waals surface area contributed by atoms with Crippen LogP contribution in [0.3, 0.4) is 0 Å². The minimum atomic E-state index is -1.05. The average molecular weight is 270 g/mol. The lowest BCUT2D eigenvalue weighted by Crippen LogP contribution is -2.52. The Labute approximate surface area is 115 Å². The van der Waals surface area contributed by atoms with Crippen molar-refractivity contribution in [3.05, 3.63) is 0 Å². The summed E-state index contributed by atoms with van der Waals surface area (Å²) in [7, 11) is 2.06. The zero-order valence-electron chi connectivity index (χ0n) is 12.6. The molecule has 0 aliphatic carbocycles. The maximum atomic E-state index is 12.2. The summed E-state index contributed by atoms with van der Waals surface area (Å²) in [5.41, 5.74) is -0.579. The van der Waals surface area contributed by atoms with Crippen LogP contribution in [0.15, 0.2) is 0 Å². The third kappa shape index (κ3) is 4.20. The molecule has 1 heterocycles. The van der Waals surface area contributed by atoms with Crippen molar-refractivity contribution < 1.29 is 14.7 Å². The van der Waals surface area contributed by atoms with E-state index in [0.29, 0.717) is 5.92 Å². The number of piperidine rings is 1. The highest BCUT2D eigenvalue weighted by molar-refractivity contribution is 5.97. The van der Waals surface area contributed by atoms with Crippen molar-refractivity contribution in [3.8, 4) is 0 Å². The molecule has 1 aliphatic heterocycles. The second-order valence-electron chi connectivity index (χ2n) is 6.78. The number of hydrogen-bond donors (Lipinski definition) is 2. The molecule has 1 fully saturated rings. The van der Waals surface area contributed by atoms with E-state index in [1.165, 1.54) is 0 Å². The van der Waals surface area contributed by atoms with Crippen molar-refractivity contribution in [2.75, 3.05) is 20.1 Å². The zero-order chi connectivity index (χ0) is 14.8. The number of carbonyl (C=O) groups excluding carboxylic acids is 1. The predicted octanol–water partition coefficient (Wildman–Crippen LogP) is 1.19. The van der Waals surface area contributed by atoms with Gasteiger partial charge in [-0.3, -0.25) is 9.59 Å². The molecule has 0 saturated carbocycles. The summed E-state index contributed by atoms with van der Waals surface area (Å²) in [5, 5.41) is 12.2. The van der Waals surface area contributed by atoms with E-state index >= 15 is 0 Å². The fourth-order valence-corrected chi connectivity index (χ4v) is 2.71. The van der Waals surface area contributed by atoms with Gasteiger partial charge in [-0.05, 0) is 31.3 Å². The highest BCUT2D eigenvalue weighted by Gasteiger charge is 2.39. The number of hydrogen-bond acceptors (Lipinski definition) is 3. The van der Waals surface area contributed by atoms with Gasteiger partial charge in [0.15, 0.2) is 0 Å². The van der Waals surface area contributed by atoms with Gasteiger partial charge in [-0.1, -0.05) is 27.7 Å². The molecule has 3 unspecified atom stereocenters. The van der Waals surface area contributed by atoms with Gasteiger partial charge >= 0.3 is 5.97 Å². The minimum Gasteiger partial charge on any atom is -0.481 e. The fraction of sp³-hybridized carbons (Fsp3) is 0.857. The van der Waals surface area contributed by atoms with Crippen molar-refractivity contribution in [3.63, 3.8) is 0 Å². The number of nitrogens with zero attached hydrogens (tertiary/aromatic N) is 1. The van der Waals surface area contributed by atoms with Crippen LogP contribution in [0.25, 0.3) is 0 Å². The molecule has 1 aliphatic rings. The molecule has 110 valence electrons. The van der Waals surface area contributed by atoms with Gasteiger partial charge in [0, 0.05) is 12.6 Å². The Bertz CT molecular complexity index is 349. The van der Waals surface area contributed by atoms with Crippen molar-refractivity contribution in [2.45, 2.75) is 40.2 Å². The van der Waals surface area contributed by atoms with E-state index in [0.717, 1.165) is 19.5 Å². The SMILES string of the molecule is CC1CN(C)CCC1NC(=O)C(C(=O)O)C(C)(C)C. The number of aliphatic carboxylic acids is 1. The molecule has 1 rings (SSSR count). The molecule has 0 radical (unpaired) electrons. The van der Waals surface area contributed by atoms with Crippen LogP contribution in [-0.4, -0.2) is 48.1 Å². The third-order valence-corrected chi connectivity index (χ3v) is 3.81. The maximum absolute atomic E-state index is 12.2. The summed E-state index contributed by atoms with van der Waals surface area (Å²) >= 11 is 0. The summed E-state index contributed by atoms with van der Waals surface area (Å²) in [5.74, 6) is -2.07. The van der Waals surface area contributed by atoms with Crippen molar-refractivity contribution >= 4 is 11.9 Å². The first kappa shape index (κ1) is 16.0. The first-order valence-electron chi connectivity index (χ1n) is 6.84. The minimum absolute atomic E-state index is 0.0768. The van der Waals surface area contributed by atoms with E-state index in [-0.39, 0.29) is 11.9 Å². The molecule has 0 aromatic heterocycles. The normalized spacial score (nSPS) is 26.8. The van der Waals surface area contributed by atoms with E-state index in [1.807, 2.05) is 0 Å². The number of rotatable bonds is 3. The second-order valence-corrected chi connectivity index (χ2v) is 6.78. The van der Waals surface area contributed by atoms with Crippen molar-refractivity contribution in [2.24, 2.45) is 17.3 Å². The zero-order valence-corrected chi connectivity index (χ0v) is 12.6. The second kappa shape index (κ2) is 5.90. The van der Waals surface area contributed by atoms with Gasteiger partial charge in [0.2, 0.25) is 5.91 Å². The molecular formula is C14H26N2O3. The number of nitrogens with one attached hydrogen (secondary N) is 1. The summed E-state index contributed by atoms with van der Waals surface area (Å²) in [6.07, 6.45) is 0.875. The van der Waals surface area contributed by atoms with E-state index in [1.54, 1.807) is 20.8 Å². The van der Waals surface area contributed by atoms with Crippen molar-refractivity contribution in [1.29, 1.82) is 0 Å². The molecule has 3 atom stereocenters. The lowest BCUT2D eigenvalue weighted by Gasteiger charge is -2.36. The van der Waals surface area contributed by atoms with Crippen LogP contribution in [0.2, 0.25) is 0 Å². The molecule has 5 heteroatoms. The van der Waals surface area contributed by atoms with Crippen LogP contribution in [0.4, 0.5) is 0 Å². The van der Waals surface area contributed by atoms with Gasteiger partial charge in [-0.2, -0.15) is 0 Å². The molecule has 0 aromatic carbocycles. The number of carbonyl (C=O) groups is 2. The number of likely N-dealkylation sites (tertiary alicyclic amines) is 1. The Balaban J connectivity index is 2.70. The standard InChI is InChI=1S/C14H26N2O3/c1-9-8-16(5)7-6-10(9)15-12(17)11(13(18)19)14(2,3)4/h9-11H,6-8H2,1-5H3,(H,15,17)(H,18,19). The average Bonchev–Trinajstić information content (AvgIpc) is 2.19. The van der Waals surface area contributed by atoms with Crippen LogP contribution < -0.4 is 5.32 Å². The molecule has 1 amide bonds. The maximum Gasteiger partial charge on any atom is 0.316 e. The highest BCUT2D eigenvalue weighted by Crippen LogP contribution is 2.27. The van der Waals surface area contributed by atoms with E-state index < -0.39 is 17.3 Å². The Morgan fingerprint density at radius 3 is 2.37 bits per heavy atom. The van der Waals surface area contributed by atoms with Gasteiger partial charge < -0.3 is 15.3 Å². The first-order chi connectivity index (χ1) is 8.62. The quantitative estimate of drug-likeness (QED) is 0.756. The van der Waals surface area contributed by atoms with Crippen LogP contribution in [0, 0.1) is 17.3 Å². The van der Waals surface area contributed by atoms with Gasteiger partial charge in [-0.25, -0.2) is 0 Å². The monoisotopic (exact) mass is 270 g/mol. The Morgan fingerprint density at radius 1 is 1.37 bits per heavy atom. The Hall–Kier alpha value is -1.10. The Kier molecular flexibility index (Phi) is 4.96. The molecule has 1 saturated heterocycles. The molecule has 0 spiro atoms. The van der Waals surface area contributed by atoms with E-state index in [9.17, 15) is 14.7 Å². The van der Waals surface area contributed by atoms with Crippen LogP contribution >= 0.6 is 0 Å². The summed E-state index contributed by atoms with van der Waals surface area (Å²) in [6, 6.07) is 0.0768. The largest absolute Gasteiger partial charge is 0.481 e. The summed E-state index contributed by atoms with van der Waals surface area (Å²) in [6.45, 7) is 9.30.